The van der Waals surface area contributed by atoms with Gasteiger partial charge in [-0.2, -0.15) is 0 Å². The van der Waals surface area contributed by atoms with Gasteiger partial charge in [0.1, 0.15) is 4.88 Å². The van der Waals surface area contributed by atoms with Crippen LogP contribution in [0.3, 0.4) is 0 Å². The van der Waals surface area contributed by atoms with E-state index in [1.54, 1.807) is 4.90 Å². The third-order valence-corrected chi connectivity index (χ3v) is 6.23. The maximum Gasteiger partial charge on any atom is 0.308 e. The van der Waals surface area contributed by atoms with Gasteiger partial charge in [0, 0.05) is 16.7 Å². The Morgan fingerprint density at radius 1 is 1.47 bits per heavy atom. The number of hydrogen-bond donors (Lipinski definition) is 1. The van der Waals surface area contributed by atoms with Crippen molar-refractivity contribution in [1.82, 2.24) is 4.90 Å². The van der Waals surface area contributed by atoms with Gasteiger partial charge in [0.2, 0.25) is 0 Å². The van der Waals surface area contributed by atoms with Gasteiger partial charge >= 0.3 is 5.97 Å². The molecule has 1 aromatic heterocycles. The average Bonchev–Trinajstić information content (AvgIpc) is 2.68. The number of rotatable bonds is 2. The van der Waals surface area contributed by atoms with Crippen molar-refractivity contribution in [3.63, 3.8) is 0 Å². The molecule has 0 saturated carbocycles. The maximum absolute atomic E-state index is 12.5. The highest BCUT2D eigenvalue weighted by molar-refractivity contribution is 14.1. The molecular weight excluding hydrogens is 377 g/mol. The number of nitrogens with zero attached hydrogens (tertiary/aromatic N) is 1. The van der Waals surface area contributed by atoms with Crippen molar-refractivity contribution in [2.75, 3.05) is 13.1 Å². The lowest BCUT2D eigenvalue weighted by Gasteiger charge is -2.34. The number of hydrogen-bond acceptors (Lipinski definition) is 3. The summed E-state index contributed by atoms with van der Waals surface area (Å²) in [6.45, 7) is 4.95. The minimum atomic E-state index is -0.804. The molecule has 1 aliphatic heterocycles. The molecule has 2 heterocycles. The number of carbonyl (C=O) groups is 2. The van der Waals surface area contributed by atoms with E-state index < -0.39 is 11.9 Å². The molecule has 1 amide bonds. The fourth-order valence-electron chi connectivity index (χ4n) is 2.41. The van der Waals surface area contributed by atoms with Crippen molar-refractivity contribution in [1.29, 1.82) is 0 Å². The topological polar surface area (TPSA) is 57.6 Å². The van der Waals surface area contributed by atoms with Gasteiger partial charge in [0.15, 0.2) is 0 Å². The first-order valence-electron chi connectivity index (χ1n) is 6.15. The molecule has 0 aliphatic carbocycles. The number of carboxylic acids is 1. The Balaban J connectivity index is 2.19. The smallest absolute Gasteiger partial charge is 0.308 e. The van der Waals surface area contributed by atoms with E-state index >= 15 is 0 Å². The van der Waals surface area contributed by atoms with Crippen molar-refractivity contribution in [2.45, 2.75) is 20.3 Å². The van der Waals surface area contributed by atoms with E-state index in [0.717, 1.165) is 14.0 Å². The minimum Gasteiger partial charge on any atom is -0.481 e. The second-order valence-electron chi connectivity index (χ2n) is 5.15. The fraction of sp³-hybridized carbons (Fsp3) is 0.538. The third-order valence-electron chi connectivity index (χ3n) is 3.39. The van der Waals surface area contributed by atoms with E-state index in [2.05, 4.69) is 22.6 Å². The molecule has 1 aliphatic rings. The van der Waals surface area contributed by atoms with Crippen molar-refractivity contribution < 1.29 is 14.7 Å². The summed E-state index contributed by atoms with van der Waals surface area (Å²) in [5.74, 6) is -1.04. The van der Waals surface area contributed by atoms with Gasteiger partial charge in [0.25, 0.3) is 5.91 Å². The van der Waals surface area contributed by atoms with E-state index in [1.165, 1.54) is 11.3 Å². The number of piperidine rings is 1. The van der Waals surface area contributed by atoms with E-state index in [-0.39, 0.29) is 11.8 Å². The molecule has 4 nitrogen and oxygen atoms in total. The number of carboxylic acid groups (broad SMARTS) is 1. The van der Waals surface area contributed by atoms with Crippen LogP contribution in [0.2, 0.25) is 0 Å². The first-order valence-corrected chi connectivity index (χ1v) is 8.11. The number of aryl methyl sites for hydroxylation is 1. The Labute approximate surface area is 129 Å². The summed E-state index contributed by atoms with van der Waals surface area (Å²) >= 11 is 3.62. The van der Waals surface area contributed by atoms with Gasteiger partial charge in [-0.05, 0) is 52.8 Å². The number of aliphatic carboxylic acids is 1. The molecule has 104 valence electrons. The van der Waals surface area contributed by atoms with Crippen LogP contribution in [0.15, 0.2) is 5.38 Å². The van der Waals surface area contributed by atoms with Crippen molar-refractivity contribution >= 4 is 45.8 Å². The lowest BCUT2D eigenvalue weighted by molar-refractivity contribution is -0.143. The molecule has 0 bridgehead atoms. The van der Waals surface area contributed by atoms with Crippen molar-refractivity contribution in [2.24, 2.45) is 11.8 Å². The maximum atomic E-state index is 12.5. The number of halogens is 1. The molecule has 19 heavy (non-hydrogen) atoms. The monoisotopic (exact) mass is 393 g/mol. The molecular formula is C13H16INO3S. The van der Waals surface area contributed by atoms with Crippen LogP contribution >= 0.6 is 33.9 Å². The van der Waals surface area contributed by atoms with Crippen molar-refractivity contribution in [3.8, 4) is 0 Å². The van der Waals surface area contributed by atoms with Crippen LogP contribution in [-0.2, 0) is 4.79 Å². The molecule has 2 atom stereocenters. The molecule has 0 spiro atoms. The van der Waals surface area contributed by atoms with Gasteiger partial charge in [-0.1, -0.05) is 6.92 Å². The molecule has 1 aromatic rings. The van der Waals surface area contributed by atoms with Crippen LogP contribution in [0.25, 0.3) is 0 Å². The van der Waals surface area contributed by atoms with Crippen LogP contribution in [0.5, 0.6) is 0 Å². The zero-order valence-electron chi connectivity index (χ0n) is 10.9. The summed E-state index contributed by atoms with van der Waals surface area (Å²) in [6.07, 6.45) is 0.652. The molecule has 0 aromatic carbocycles. The first kappa shape index (κ1) is 14.8. The Morgan fingerprint density at radius 2 is 2.16 bits per heavy atom. The van der Waals surface area contributed by atoms with Crippen LogP contribution in [0.1, 0.15) is 28.6 Å². The molecule has 2 rings (SSSR count). The summed E-state index contributed by atoms with van der Waals surface area (Å²) in [6, 6.07) is 0. The lowest BCUT2D eigenvalue weighted by Crippen LogP contribution is -2.45. The third kappa shape index (κ3) is 3.10. The summed E-state index contributed by atoms with van der Waals surface area (Å²) in [7, 11) is 0. The standard InChI is InChI=1S/C13H16INO3S/c1-7-3-9(13(17)18)5-15(4-7)12(16)11-10(14)8(2)6-19-11/h6-7,9H,3-5H2,1-2H3,(H,17,18). The lowest BCUT2D eigenvalue weighted by atomic mass is 9.90. The van der Waals surface area contributed by atoms with Gasteiger partial charge in [-0.25, -0.2) is 0 Å². The largest absolute Gasteiger partial charge is 0.481 e. The van der Waals surface area contributed by atoms with Gasteiger partial charge < -0.3 is 10.0 Å². The first-order chi connectivity index (χ1) is 8.90. The van der Waals surface area contributed by atoms with Gasteiger partial charge in [-0.15, -0.1) is 11.3 Å². The second-order valence-corrected chi connectivity index (χ2v) is 7.11. The van der Waals surface area contributed by atoms with Crippen LogP contribution in [0, 0.1) is 22.3 Å². The predicted octanol–water partition coefficient (Wildman–Crippen LogP) is 2.84. The second kappa shape index (κ2) is 5.78. The summed E-state index contributed by atoms with van der Waals surface area (Å²) in [5.41, 5.74) is 1.11. The average molecular weight is 393 g/mol. The van der Waals surface area contributed by atoms with E-state index in [4.69, 9.17) is 5.11 Å². The van der Waals surface area contributed by atoms with E-state index in [9.17, 15) is 9.59 Å². The molecule has 1 fully saturated rings. The minimum absolute atomic E-state index is 0.0275. The zero-order valence-corrected chi connectivity index (χ0v) is 13.8. The van der Waals surface area contributed by atoms with Crippen LogP contribution < -0.4 is 0 Å². The Morgan fingerprint density at radius 3 is 2.68 bits per heavy atom. The normalized spacial score (nSPS) is 23.4. The Kier molecular flexibility index (Phi) is 4.50. The quantitative estimate of drug-likeness (QED) is 0.787. The summed E-state index contributed by atoms with van der Waals surface area (Å²) in [4.78, 5) is 26.1. The number of thiophene rings is 1. The molecule has 2 unspecified atom stereocenters. The van der Waals surface area contributed by atoms with Crippen LogP contribution in [-0.4, -0.2) is 35.0 Å². The molecule has 0 radical (unpaired) electrons. The van der Waals surface area contributed by atoms with Gasteiger partial charge in [-0.3, -0.25) is 9.59 Å². The zero-order chi connectivity index (χ0) is 14.2. The SMILES string of the molecule is Cc1csc(C(=O)N2CC(C)CC(C(=O)O)C2)c1I. The number of likely N-dealkylation sites (tertiary alicyclic amines) is 1. The number of amides is 1. The molecule has 1 saturated heterocycles. The Hall–Kier alpha value is -0.630. The molecule has 6 heteroatoms. The predicted molar refractivity (Wildman–Crippen MR) is 82.6 cm³/mol. The highest BCUT2D eigenvalue weighted by atomic mass is 127. The van der Waals surface area contributed by atoms with E-state index in [1.807, 2.05) is 19.2 Å². The number of carbonyl (C=O) groups excluding carboxylic acids is 1. The highest BCUT2D eigenvalue weighted by Gasteiger charge is 2.33. The molecule has 1 N–H and O–H groups in total. The summed E-state index contributed by atoms with van der Waals surface area (Å²) < 4.78 is 0.984. The highest BCUT2D eigenvalue weighted by Crippen LogP contribution is 2.28. The summed E-state index contributed by atoms with van der Waals surface area (Å²) in [5, 5.41) is 11.1. The van der Waals surface area contributed by atoms with Crippen molar-refractivity contribution in [3.05, 3.63) is 19.4 Å². The van der Waals surface area contributed by atoms with Crippen LogP contribution in [0.4, 0.5) is 0 Å². The fourth-order valence-corrected chi connectivity index (χ4v) is 4.30. The Bertz CT molecular complexity index is 514. The van der Waals surface area contributed by atoms with E-state index in [0.29, 0.717) is 19.5 Å². The van der Waals surface area contributed by atoms with Gasteiger partial charge in [0.05, 0.1) is 5.92 Å².